The molecule has 2 atom stereocenters. The smallest absolute Gasteiger partial charge is 0.360 e. The largest absolute Gasteiger partial charge is 0.464 e. The average Bonchev–Trinajstić information content (AvgIpc) is 3.90. The van der Waals surface area contributed by atoms with Crippen molar-refractivity contribution >= 4 is 23.3 Å². The minimum Gasteiger partial charge on any atom is -0.464 e. The van der Waals surface area contributed by atoms with Gasteiger partial charge in [-0.15, -0.1) is 25.5 Å². The van der Waals surface area contributed by atoms with Gasteiger partial charge >= 0.3 is 5.97 Å². The summed E-state index contributed by atoms with van der Waals surface area (Å²) in [6.45, 7) is 10.7. The van der Waals surface area contributed by atoms with Crippen LogP contribution in [0, 0.1) is 11.3 Å². The minimum absolute atomic E-state index is 0.0706. The molecule has 1 saturated carbocycles. The highest BCUT2D eigenvalue weighted by atomic mass is 16.5. The Balaban J connectivity index is 0.984. The molecule has 1 aromatic carbocycles. The lowest BCUT2D eigenvalue weighted by Gasteiger charge is -2.30. The number of fused-ring (bicyclic) bond motifs is 1. The number of aliphatic hydroxyl groups excluding tert-OH is 1. The normalized spacial score (nSPS) is 14.5. The van der Waals surface area contributed by atoms with E-state index >= 15 is 0 Å². The van der Waals surface area contributed by atoms with Crippen molar-refractivity contribution in [2.24, 2.45) is 11.3 Å². The summed E-state index contributed by atoms with van der Waals surface area (Å²) in [4.78, 5) is 25.1. The van der Waals surface area contributed by atoms with E-state index in [1.807, 2.05) is 48.7 Å². The van der Waals surface area contributed by atoms with Crippen LogP contribution < -0.4 is 16.0 Å². The Morgan fingerprint density at radius 2 is 1.84 bits per heavy atom. The number of esters is 1. The quantitative estimate of drug-likeness (QED) is 0.0665. The van der Waals surface area contributed by atoms with Gasteiger partial charge in [0.15, 0.2) is 29.0 Å². The van der Waals surface area contributed by atoms with Crippen LogP contribution in [0.15, 0.2) is 48.8 Å². The second kappa shape index (κ2) is 17.9. The lowest BCUT2D eigenvalue weighted by molar-refractivity contribution is -0.126. The molecule has 4 aromatic heterocycles. The van der Waals surface area contributed by atoms with E-state index in [4.69, 9.17) is 9.84 Å². The number of hydrogen-bond donors (Lipinski definition) is 4. The first kappa shape index (κ1) is 39.4. The zero-order chi connectivity index (χ0) is 39.0. The highest BCUT2D eigenvalue weighted by Crippen LogP contribution is 2.40. The van der Waals surface area contributed by atoms with E-state index in [1.165, 1.54) is 34.7 Å². The number of methoxy groups -OCH3 is 1. The number of rotatable bonds is 20. The predicted octanol–water partition coefficient (Wildman–Crippen LogP) is 3.45. The van der Waals surface area contributed by atoms with Crippen molar-refractivity contribution in [1.29, 1.82) is 0 Å². The number of ether oxygens (including phenoxy) is 1. The number of aryl methyl sites for hydroxylation is 1. The molecule has 17 heteroatoms. The van der Waals surface area contributed by atoms with Crippen molar-refractivity contribution in [3.63, 3.8) is 0 Å². The molecule has 0 bridgehead atoms. The fourth-order valence-corrected chi connectivity index (χ4v) is 6.71. The molecule has 0 spiro atoms. The predicted molar refractivity (Wildman–Crippen MR) is 205 cm³/mol. The molecule has 1 amide bonds. The van der Waals surface area contributed by atoms with Crippen LogP contribution in [0.4, 0.5) is 5.82 Å². The fourth-order valence-electron chi connectivity index (χ4n) is 6.71. The summed E-state index contributed by atoms with van der Waals surface area (Å²) in [6, 6.07) is 10.9. The van der Waals surface area contributed by atoms with Crippen molar-refractivity contribution in [2.45, 2.75) is 90.8 Å². The van der Waals surface area contributed by atoms with E-state index in [0.29, 0.717) is 25.3 Å². The molecule has 6 rings (SSSR count). The van der Waals surface area contributed by atoms with Crippen LogP contribution in [-0.4, -0.2) is 106 Å². The number of aromatic nitrogens is 10. The molecular weight excluding hydrogens is 703 g/mol. The maximum absolute atomic E-state index is 13.3. The summed E-state index contributed by atoms with van der Waals surface area (Å²) in [5, 5.41) is 50.7. The van der Waals surface area contributed by atoms with Gasteiger partial charge in [-0.3, -0.25) is 4.79 Å². The maximum Gasteiger partial charge on any atom is 0.360 e. The first-order valence-corrected chi connectivity index (χ1v) is 19.1. The second-order valence-corrected chi connectivity index (χ2v) is 15.6. The van der Waals surface area contributed by atoms with Crippen molar-refractivity contribution in [2.75, 3.05) is 38.7 Å². The van der Waals surface area contributed by atoms with Crippen LogP contribution in [0.1, 0.15) is 93.5 Å². The van der Waals surface area contributed by atoms with Gasteiger partial charge in [-0.1, -0.05) is 74.9 Å². The molecule has 4 heterocycles. The van der Waals surface area contributed by atoms with Gasteiger partial charge in [0.25, 0.3) is 0 Å². The lowest BCUT2D eigenvalue weighted by Crippen LogP contribution is -2.44. The van der Waals surface area contributed by atoms with Crippen LogP contribution in [0.3, 0.4) is 0 Å². The molecule has 1 aliphatic carbocycles. The molecular formula is C38H53N13O4. The second-order valence-electron chi connectivity index (χ2n) is 15.6. The number of amides is 1. The Labute approximate surface area is 320 Å². The summed E-state index contributed by atoms with van der Waals surface area (Å²) in [6.07, 6.45) is 8.87. The van der Waals surface area contributed by atoms with Gasteiger partial charge in [-0.25, -0.2) is 14.2 Å². The molecule has 1 fully saturated rings. The Bertz CT molecular complexity index is 2020. The molecule has 0 aliphatic heterocycles. The molecule has 294 valence electrons. The van der Waals surface area contributed by atoms with Crippen molar-refractivity contribution in [1.82, 2.24) is 60.4 Å². The molecule has 1 aliphatic rings. The zero-order valence-corrected chi connectivity index (χ0v) is 32.4. The number of hydrogen-bond acceptors (Lipinski definition) is 13. The van der Waals surface area contributed by atoms with Crippen LogP contribution in [0.25, 0.3) is 17.0 Å². The van der Waals surface area contributed by atoms with Crippen LogP contribution in [0.2, 0.25) is 0 Å². The van der Waals surface area contributed by atoms with Crippen molar-refractivity contribution < 1.29 is 19.4 Å². The van der Waals surface area contributed by atoms with Crippen LogP contribution in [-0.2, 0) is 22.5 Å². The summed E-state index contributed by atoms with van der Waals surface area (Å²) in [5.74, 6) is 1.39. The van der Waals surface area contributed by atoms with E-state index in [2.05, 4.69) is 66.7 Å². The first-order valence-electron chi connectivity index (χ1n) is 19.1. The Hall–Kier alpha value is -5.29. The van der Waals surface area contributed by atoms with Gasteiger partial charge in [-0.2, -0.15) is 4.52 Å². The standard InChI is InChI=1S/C38H53N13O4/c1-25(2)17-29(19-49-21-31(43-47-49)37(54)55-5)41-36(53)32(22-52)50-20-28(42-48-50)15-10-16-39-23-38(3,4)24-40-34-30(26-13-9-14-26)18-33-44-45-35(51(33)46-34)27-11-7-6-8-12-27/h6-8,11-12,18,20-21,25-26,29,32,39,52H,9-10,13-17,19,22-24H2,1-5H3,(H,40,46)(H,41,53)/t29-,32-/m0/s1. The molecule has 0 saturated heterocycles. The van der Waals surface area contributed by atoms with E-state index in [9.17, 15) is 14.7 Å². The van der Waals surface area contributed by atoms with E-state index in [1.54, 1.807) is 6.20 Å². The van der Waals surface area contributed by atoms with Crippen LogP contribution in [0.5, 0.6) is 0 Å². The summed E-state index contributed by atoms with van der Waals surface area (Å²) >= 11 is 0. The van der Waals surface area contributed by atoms with E-state index < -0.39 is 18.6 Å². The van der Waals surface area contributed by atoms with Crippen molar-refractivity contribution in [3.8, 4) is 11.4 Å². The molecule has 55 heavy (non-hydrogen) atoms. The number of nitrogens with one attached hydrogen (secondary N) is 3. The highest BCUT2D eigenvalue weighted by Gasteiger charge is 2.28. The molecule has 0 radical (unpaired) electrons. The Morgan fingerprint density at radius 3 is 2.55 bits per heavy atom. The third-order valence-corrected chi connectivity index (χ3v) is 9.92. The monoisotopic (exact) mass is 755 g/mol. The van der Waals surface area contributed by atoms with Gasteiger partial charge in [0.2, 0.25) is 5.91 Å². The number of carbonyl (C=O) groups excluding carboxylic acids is 2. The van der Waals surface area contributed by atoms with Gasteiger partial charge in [0.05, 0.1) is 32.2 Å². The van der Waals surface area contributed by atoms with Crippen LogP contribution >= 0.6 is 0 Å². The van der Waals surface area contributed by atoms with Gasteiger partial charge in [-0.05, 0) is 62.0 Å². The first-order chi connectivity index (χ1) is 26.5. The SMILES string of the molecule is COC(=O)c1cn(C[C@H](CC(C)C)NC(=O)[C@H](CO)n2cc(CCCNCC(C)(C)CNc3nn4c(-c5ccccc5)nnc4cc3C3CCC3)nn2)nn1. The highest BCUT2D eigenvalue weighted by molar-refractivity contribution is 5.86. The Morgan fingerprint density at radius 1 is 1.04 bits per heavy atom. The zero-order valence-electron chi connectivity index (χ0n) is 32.4. The van der Waals surface area contributed by atoms with Gasteiger partial charge in [0, 0.05) is 36.5 Å². The molecule has 5 aromatic rings. The number of anilines is 1. The third-order valence-electron chi connectivity index (χ3n) is 9.92. The van der Waals surface area contributed by atoms with E-state index in [0.717, 1.165) is 67.4 Å². The summed E-state index contributed by atoms with van der Waals surface area (Å²) in [5.41, 5.74) is 3.69. The fraction of sp³-hybridized carbons (Fsp3) is 0.553. The summed E-state index contributed by atoms with van der Waals surface area (Å²) in [7, 11) is 1.28. The number of aliphatic hydroxyl groups is 1. The topological polar surface area (TPSA) is 204 Å². The Kier molecular flexibility index (Phi) is 12.8. The van der Waals surface area contributed by atoms with Gasteiger partial charge < -0.3 is 25.8 Å². The molecule has 0 unspecified atom stereocenters. The van der Waals surface area contributed by atoms with Crippen molar-refractivity contribution in [3.05, 3.63) is 65.7 Å². The lowest BCUT2D eigenvalue weighted by atomic mass is 9.80. The maximum atomic E-state index is 13.3. The number of nitrogens with zero attached hydrogens (tertiary/aromatic N) is 10. The van der Waals surface area contributed by atoms with Gasteiger partial charge in [0.1, 0.15) is 0 Å². The number of benzene rings is 1. The minimum atomic E-state index is -0.946. The third kappa shape index (κ3) is 10.1. The molecule has 17 nitrogen and oxygen atoms in total. The summed E-state index contributed by atoms with van der Waals surface area (Å²) < 4.78 is 9.46. The van der Waals surface area contributed by atoms with E-state index in [-0.39, 0.29) is 29.0 Å². The molecule has 4 N–H and O–H groups in total. The number of carbonyl (C=O) groups is 2. The average molecular weight is 756 g/mol.